The molecule has 0 aromatic heterocycles. The van der Waals surface area contributed by atoms with Crippen molar-refractivity contribution < 1.29 is 18.0 Å². The van der Waals surface area contributed by atoms with Crippen LogP contribution in [-0.2, 0) is 11.0 Å². The molecular formula is C21H26F3N5O. The third-order valence-electron chi connectivity index (χ3n) is 4.51. The molecule has 30 heavy (non-hydrogen) atoms. The van der Waals surface area contributed by atoms with Gasteiger partial charge in [-0.25, -0.2) is 11.0 Å². The van der Waals surface area contributed by atoms with Gasteiger partial charge in [0.2, 0.25) is 0 Å². The number of rotatable bonds is 5. The summed E-state index contributed by atoms with van der Waals surface area (Å²) in [4.78, 5) is 11.8. The van der Waals surface area contributed by atoms with Crippen molar-refractivity contribution in [1.82, 2.24) is 5.12 Å². The van der Waals surface area contributed by atoms with E-state index in [1.54, 1.807) is 24.3 Å². The van der Waals surface area contributed by atoms with Crippen LogP contribution >= 0.6 is 0 Å². The van der Waals surface area contributed by atoms with Gasteiger partial charge in [-0.05, 0) is 49.2 Å². The summed E-state index contributed by atoms with van der Waals surface area (Å²) >= 11 is 0. The average Bonchev–Trinajstić information content (AvgIpc) is 3.15. The molecule has 2 aromatic rings. The second-order valence-electron chi connectivity index (χ2n) is 6.49. The lowest BCUT2D eigenvalue weighted by molar-refractivity contribution is -0.137. The van der Waals surface area contributed by atoms with E-state index in [4.69, 9.17) is 11.6 Å². The third kappa shape index (κ3) is 5.73. The maximum atomic E-state index is 12.7. The van der Waals surface area contributed by atoms with E-state index in [0.717, 1.165) is 23.7 Å². The maximum absolute atomic E-state index is 12.7. The predicted molar refractivity (Wildman–Crippen MR) is 112 cm³/mol. The van der Waals surface area contributed by atoms with Crippen molar-refractivity contribution in [2.45, 2.75) is 45.3 Å². The van der Waals surface area contributed by atoms with E-state index in [9.17, 15) is 18.0 Å². The minimum Gasteiger partial charge on any atom is -0.382 e. The number of hydrazone groups is 1. The molecule has 1 aliphatic rings. The first kappa shape index (κ1) is 23.2. The van der Waals surface area contributed by atoms with Crippen LogP contribution in [0.3, 0.4) is 0 Å². The molecule has 0 radical (unpaired) electrons. The Morgan fingerprint density at radius 2 is 1.77 bits per heavy atom. The number of Topliss-reactive ketones (excluding diaryl/α,β-unsaturated/α-hetero) is 1. The highest BCUT2D eigenvalue weighted by Crippen LogP contribution is 2.30. The standard InChI is InChI=1S/C19H20F3N5O.C2H6/c20-19(21,22)12-8-10-13(11-9-12)25-15-5-2-1-4-14(15)18(23)26-27(24)16-6-3-7-17(16)28;1-2/h1-2,4-5,8-11,16,25H,3,6-7,24H2,(H2,23,26);1-2H3. The summed E-state index contributed by atoms with van der Waals surface area (Å²) in [5.41, 5.74) is 6.87. The van der Waals surface area contributed by atoms with Gasteiger partial charge in [0.15, 0.2) is 11.6 Å². The lowest BCUT2D eigenvalue weighted by atomic mass is 10.1. The molecule has 9 heteroatoms. The number of hydrogen-bond donors (Lipinski definition) is 3. The molecular weight excluding hydrogens is 395 g/mol. The number of alkyl halides is 3. The number of carbonyl (C=O) groups is 1. The molecule has 1 aliphatic carbocycles. The second-order valence-corrected chi connectivity index (χ2v) is 6.49. The van der Waals surface area contributed by atoms with Crippen molar-refractivity contribution in [3.05, 3.63) is 59.7 Å². The topological polar surface area (TPSA) is 96.7 Å². The molecule has 1 fully saturated rings. The van der Waals surface area contributed by atoms with Gasteiger partial charge in [0.1, 0.15) is 6.04 Å². The van der Waals surface area contributed by atoms with Crippen LogP contribution in [0, 0.1) is 0 Å². The number of ketones is 1. The normalized spacial score (nSPS) is 16.7. The van der Waals surface area contributed by atoms with E-state index in [1.165, 1.54) is 12.1 Å². The van der Waals surface area contributed by atoms with Crippen LogP contribution in [0.1, 0.15) is 44.2 Å². The number of anilines is 2. The Morgan fingerprint density at radius 1 is 1.13 bits per heavy atom. The lowest BCUT2D eigenvalue weighted by Gasteiger charge is -2.20. The molecule has 1 saturated carbocycles. The first-order valence-electron chi connectivity index (χ1n) is 9.70. The number of hydrogen-bond acceptors (Lipinski definition) is 5. The van der Waals surface area contributed by atoms with Gasteiger partial charge in [-0.1, -0.05) is 26.0 Å². The van der Waals surface area contributed by atoms with E-state index in [2.05, 4.69) is 10.4 Å². The number of halogens is 3. The van der Waals surface area contributed by atoms with Crippen LogP contribution in [0.4, 0.5) is 24.5 Å². The molecule has 0 heterocycles. The fraction of sp³-hybridized carbons (Fsp3) is 0.333. The highest BCUT2D eigenvalue weighted by Gasteiger charge is 2.30. The van der Waals surface area contributed by atoms with Gasteiger partial charge in [-0.15, -0.1) is 5.10 Å². The molecule has 162 valence electrons. The maximum Gasteiger partial charge on any atom is 0.416 e. The number of nitrogens with one attached hydrogen (secondary N) is 1. The zero-order valence-corrected chi connectivity index (χ0v) is 16.9. The van der Waals surface area contributed by atoms with Crippen molar-refractivity contribution >= 4 is 23.0 Å². The molecule has 0 aliphatic heterocycles. The Morgan fingerprint density at radius 3 is 2.33 bits per heavy atom. The van der Waals surface area contributed by atoms with Crippen molar-refractivity contribution in [3.63, 3.8) is 0 Å². The molecule has 1 atom stereocenters. The monoisotopic (exact) mass is 421 g/mol. The SMILES string of the molecule is CC.N/C(=N\N(N)C1CCCC1=O)c1ccccc1Nc1ccc(C(F)(F)F)cc1. The number of nitrogens with two attached hydrogens (primary N) is 2. The summed E-state index contributed by atoms with van der Waals surface area (Å²) < 4.78 is 38.1. The van der Waals surface area contributed by atoms with Crippen LogP contribution in [0.5, 0.6) is 0 Å². The molecule has 1 unspecified atom stereocenters. The van der Waals surface area contributed by atoms with Crippen molar-refractivity contribution in [2.24, 2.45) is 16.7 Å². The molecule has 0 saturated heterocycles. The van der Waals surface area contributed by atoms with Crippen molar-refractivity contribution in [1.29, 1.82) is 0 Å². The second kappa shape index (κ2) is 10.1. The van der Waals surface area contributed by atoms with Crippen LogP contribution in [0.25, 0.3) is 0 Å². The van der Waals surface area contributed by atoms with Gasteiger partial charge in [0.25, 0.3) is 0 Å². The number of hydrazine groups is 1. The summed E-state index contributed by atoms with van der Waals surface area (Å²) in [5, 5.41) is 8.24. The Hall–Kier alpha value is -3.07. The molecule has 0 amide bonds. The molecule has 0 spiro atoms. The number of carbonyl (C=O) groups excluding carboxylic acids is 1. The Balaban J connectivity index is 0.00000155. The Labute approximate surface area is 173 Å². The zero-order valence-electron chi connectivity index (χ0n) is 16.9. The summed E-state index contributed by atoms with van der Waals surface area (Å²) in [6.45, 7) is 4.00. The lowest BCUT2D eigenvalue weighted by Crippen LogP contribution is -2.41. The first-order valence-corrected chi connectivity index (χ1v) is 9.70. The summed E-state index contributed by atoms with van der Waals surface area (Å²) in [7, 11) is 0. The van der Waals surface area contributed by atoms with Gasteiger partial charge in [-0.2, -0.15) is 13.2 Å². The molecule has 6 nitrogen and oxygen atoms in total. The number of para-hydroxylation sites is 1. The van der Waals surface area contributed by atoms with E-state index < -0.39 is 17.8 Å². The number of nitrogens with zero attached hydrogens (tertiary/aromatic N) is 2. The zero-order chi connectivity index (χ0) is 22.3. The molecule has 0 bridgehead atoms. The third-order valence-corrected chi connectivity index (χ3v) is 4.51. The number of benzene rings is 2. The summed E-state index contributed by atoms with van der Waals surface area (Å²) in [5.74, 6) is 6.00. The molecule has 3 rings (SSSR count). The first-order chi connectivity index (χ1) is 14.3. The van der Waals surface area contributed by atoms with E-state index in [-0.39, 0.29) is 11.6 Å². The Bertz CT molecular complexity index is 881. The smallest absolute Gasteiger partial charge is 0.382 e. The van der Waals surface area contributed by atoms with Crippen molar-refractivity contribution in [3.8, 4) is 0 Å². The van der Waals surface area contributed by atoms with Crippen LogP contribution in [0.15, 0.2) is 53.6 Å². The van der Waals surface area contributed by atoms with Gasteiger partial charge in [0, 0.05) is 23.4 Å². The van der Waals surface area contributed by atoms with E-state index in [1.807, 2.05) is 13.8 Å². The predicted octanol–water partition coefficient (Wildman–Crippen LogP) is 4.39. The minimum atomic E-state index is -4.39. The minimum absolute atomic E-state index is 0.0233. The Kier molecular flexibility index (Phi) is 7.82. The summed E-state index contributed by atoms with van der Waals surface area (Å²) in [6.07, 6.45) is -2.54. The van der Waals surface area contributed by atoms with Crippen LogP contribution in [-0.4, -0.2) is 22.8 Å². The van der Waals surface area contributed by atoms with Gasteiger partial charge in [-0.3, -0.25) is 4.79 Å². The highest BCUT2D eigenvalue weighted by atomic mass is 19.4. The fourth-order valence-electron chi connectivity index (χ4n) is 3.04. The molecule has 5 N–H and O–H groups in total. The fourth-order valence-corrected chi connectivity index (χ4v) is 3.04. The van der Waals surface area contributed by atoms with E-state index in [0.29, 0.717) is 29.8 Å². The van der Waals surface area contributed by atoms with Crippen LogP contribution < -0.4 is 16.9 Å². The van der Waals surface area contributed by atoms with Gasteiger partial charge < -0.3 is 11.1 Å². The van der Waals surface area contributed by atoms with Crippen LogP contribution in [0.2, 0.25) is 0 Å². The highest BCUT2D eigenvalue weighted by molar-refractivity contribution is 6.03. The van der Waals surface area contributed by atoms with E-state index >= 15 is 0 Å². The average molecular weight is 421 g/mol. The molecule has 2 aromatic carbocycles. The summed E-state index contributed by atoms with van der Waals surface area (Å²) in [6, 6.07) is 11.1. The van der Waals surface area contributed by atoms with Gasteiger partial charge in [0.05, 0.1) is 5.56 Å². The van der Waals surface area contributed by atoms with Gasteiger partial charge >= 0.3 is 6.18 Å². The number of amidine groups is 1. The quantitative estimate of drug-likeness (QED) is 0.288. The van der Waals surface area contributed by atoms with Crippen molar-refractivity contribution in [2.75, 3.05) is 5.32 Å². The largest absolute Gasteiger partial charge is 0.416 e.